The molecule has 0 aliphatic carbocycles. The highest BCUT2D eigenvalue weighted by molar-refractivity contribution is 6.35. The summed E-state index contributed by atoms with van der Waals surface area (Å²) >= 11 is 11.7. The Balaban J connectivity index is 2.35. The van der Waals surface area contributed by atoms with E-state index in [1.54, 1.807) is 32.0 Å². The second-order valence-electron chi connectivity index (χ2n) is 4.07. The molecule has 1 rings (SSSR count). The Morgan fingerprint density at radius 2 is 2.00 bits per heavy atom. The van der Waals surface area contributed by atoms with Gasteiger partial charge in [0.05, 0.1) is 11.6 Å². The molecular formula is C13H15Cl2N2O2-. The molecule has 0 saturated heterocycles. The van der Waals surface area contributed by atoms with Crippen LogP contribution >= 0.6 is 23.2 Å². The van der Waals surface area contributed by atoms with Gasteiger partial charge >= 0.3 is 0 Å². The average molecular weight is 302 g/mol. The number of ether oxygens (including phenoxy) is 1. The Bertz CT molecular complexity index is 484. The standard InChI is InChI=1S/C13H16Cl2N2O2/c1-9(2)16-17-13(18)4-3-7-19-12-6-5-10(14)8-11(12)15/h5-6,8H,3-4,7H2,1-2H3,(H,17,18)/p-1. The smallest absolute Gasteiger partial charge is 0.137 e. The van der Waals surface area contributed by atoms with E-state index in [9.17, 15) is 5.11 Å². The van der Waals surface area contributed by atoms with Crippen LogP contribution in [0.1, 0.15) is 26.7 Å². The summed E-state index contributed by atoms with van der Waals surface area (Å²) in [7, 11) is 0. The first-order chi connectivity index (χ1) is 8.99. The van der Waals surface area contributed by atoms with Crippen LogP contribution in [0.3, 0.4) is 0 Å². The lowest BCUT2D eigenvalue weighted by molar-refractivity contribution is -0.219. The quantitative estimate of drug-likeness (QED) is 0.350. The van der Waals surface area contributed by atoms with Crippen molar-refractivity contribution in [1.82, 2.24) is 0 Å². The Kier molecular flexibility index (Phi) is 6.67. The zero-order chi connectivity index (χ0) is 14.3. The fourth-order valence-electron chi connectivity index (χ4n) is 1.20. The molecule has 0 heterocycles. The summed E-state index contributed by atoms with van der Waals surface area (Å²) in [5.74, 6) is 0.296. The Morgan fingerprint density at radius 3 is 2.63 bits per heavy atom. The van der Waals surface area contributed by atoms with Crippen molar-refractivity contribution >= 4 is 34.8 Å². The van der Waals surface area contributed by atoms with Gasteiger partial charge in [-0.15, -0.1) is 0 Å². The second-order valence-corrected chi connectivity index (χ2v) is 4.91. The highest BCUT2D eigenvalue weighted by atomic mass is 35.5. The maximum absolute atomic E-state index is 11.3. The van der Waals surface area contributed by atoms with Crippen LogP contribution in [0, 0.1) is 0 Å². The van der Waals surface area contributed by atoms with Gasteiger partial charge < -0.3 is 9.84 Å². The van der Waals surface area contributed by atoms with Gasteiger partial charge in [-0.05, 0) is 50.8 Å². The molecule has 4 nitrogen and oxygen atoms in total. The third-order valence-electron chi connectivity index (χ3n) is 2.05. The van der Waals surface area contributed by atoms with E-state index in [-0.39, 0.29) is 5.90 Å². The molecule has 0 bridgehead atoms. The van der Waals surface area contributed by atoms with E-state index in [1.165, 1.54) is 0 Å². The number of benzene rings is 1. The summed E-state index contributed by atoms with van der Waals surface area (Å²) in [6.45, 7) is 3.95. The molecule has 104 valence electrons. The molecule has 0 unspecified atom stereocenters. The molecular weight excluding hydrogens is 287 g/mol. The van der Waals surface area contributed by atoms with Crippen molar-refractivity contribution in [3.05, 3.63) is 28.2 Å². The van der Waals surface area contributed by atoms with Crippen molar-refractivity contribution in [3.63, 3.8) is 0 Å². The van der Waals surface area contributed by atoms with Gasteiger partial charge in [0.15, 0.2) is 0 Å². The monoisotopic (exact) mass is 301 g/mol. The topological polar surface area (TPSA) is 57.0 Å². The summed E-state index contributed by atoms with van der Waals surface area (Å²) in [5, 5.41) is 19.6. The molecule has 0 atom stereocenters. The molecule has 0 saturated carbocycles. The zero-order valence-electron chi connectivity index (χ0n) is 10.8. The van der Waals surface area contributed by atoms with E-state index in [0.717, 1.165) is 5.71 Å². The van der Waals surface area contributed by atoms with E-state index in [1.807, 2.05) is 0 Å². The maximum Gasteiger partial charge on any atom is 0.137 e. The van der Waals surface area contributed by atoms with Gasteiger partial charge in [-0.25, -0.2) is 0 Å². The van der Waals surface area contributed by atoms with Crippen LogP contribution in [-0.4, -0.2) is 18.2 Å². The van der Waals surface area contributed by atoms with Crippen LogP contribution in [0.4, 0.5) is 0 Å². The highest BCUT2D eigenvalue weighted by Crippen LogP contribution is 2.27. The minimum atomic E-state index is -0.257. The molecule has 0 N–H and O–H groups in total. The Labute approximate surface area is 122 Å². The molecule has 1 aromatic rings. The third-order valence-corrected chi connectivity index (χ3v) is 2.58. The van der Waals surface area contributed by atoms with Crippen molar-refractivity contribution in [2.75, 3.05) is 6.61 Å². The largest absolute Gasteiger partial charge is 0.860 e. The van der Waals surface area contributed by atoms with Crippen LogP contribution in [0.15, 0.2) is 28.4 Å². The van der Waals surface area contributed by atoms with E-state index in [2.05, 4.69) is 10.2 Å². The van der Waals surface area contributed by atoms with Crippen LogP contribution in [0.5, 0.6) is 5.75 Å². The lowest BCUT2D eigenvalue weighted by atomic mass is 10.3. The number of rotatable bonds is 6. The van der Waals surface area contributed by atoms with E-state index in [4.69, 9.17) is 27.9 Å². The first kappa shape index (κ1) is 15.8. The van der Waals surface area contributed by atoms with E-state index >= 15 is 0 Å². The molecule has 0 aliphatic rings. The minimum Gasteiger partial charge on any atom is -0.860 e. The Morgan fingerprint density at radius 1 is 1.26 bits per heavy atom. The van der Waals surface area contributed by atoms with E-state index in [0.29, 0.717) is 35.2 Å². The van der Waals surface area contributed by atoms with Crippen molar-refractivity contribution in [1.29, 1.82) is 0 Å². The minimum absolute atomic E-state index is 0.257. The van der Waals surface area contributed by atoms with Crippen molar-refractivity contribution < 1.29 is 9.84 Å². The lowest BCUT2D eigenvalue weighted by Crippen LogP contribution is -2.17. The summed E-state index contributed by atoms with van der Waals surface area (Å²) in [6, 6.07) is 5.00. The number of hydrogen-bond acceptors (Lipinski definition) is 4. The summed E-state index contributed by atoms with van der Waals surface area (Å²) in [4.78, 5) is 0. The third kappa shape index (κ3) is 6.45. The number of halogens is 2. The van der Waals surface area contributed by atoms with Gasteiger partial charge in [0.1, 0.15) is 5.75 Å². The average Bonchev–Trinajstić information content (AvgIpc) is 2.34. The number of hydrogen-bond donors (Lipinski definition) is 0. The van der Waals surface area contributed by atoms with Crippen LogP contribution in [0.2, 0.25) is 10.0 Å². The molecule has 1 aromatic carbocycles. The normalized spacial score (nSPS) is 11.3. The van der Waals surface area contributed by atoms with Crippen LogP contribution in [-0.2, 0) is 0 Å². The van der Waals surface area contributed by atoms with Gasteiger partial charge in [-0.2, -0.15) is 10.2 Å². The molecule has 0 aromatic heterocycles. The fourth-order valence-corrected chi connectivity index (χ4v) is 1.67. The summed E-state index contributed by atoms with van der Waals surface area (Å²) < 4.78 is 5.45. The predicted octanol–water partition coefficient (Wildman–Crippen LogP) is 3.31. The fraction of sp³-hybridized carbons (Fsp3) is 0.385. The molecule has 0 fully saturated rings. The van der Waals surface area contributed by atoms with Gasteiger partial charge in [0.25, 0.3) is 0 Å². The van der Waals surface area contributed by atoms with Crippen LogP contribution in [0.25, 0.3) is 0 Å². The molecule has 6 heteroatoms. The second kappa shape index (κ2) is 8.02. The molecule has 0 amide bonds. The van der Waals surface area contributed by atoms with Gasteiger partial charge in [-0.3, -0.25) is 0 Å². The van der Waals surface area contributed by atoms with Crippen LogP contribution < -0.4 is 9.84 Å². The lowest BCUT2D eigenvalue weighted by Gasteiger charge is -2.10. The van der Waals surface area contributed by atoms with Crippen molar-refractivity contribution in [2.24, 2.45) is 10.2 Å². The molecule has 19 heavy (non-hydrogen) atoms. The van der Waals surface area contributed by atoms with E-state index < -0.39 is 0 Å². The summed E-state index contributed by atoms with van der Waals surface area (Å²) in [5.41, 5.74) is 0.748. The first-order valence-corrected chi connectivity index (χ1v) is 6.57. The van der Waals surface area contributed by atoms with Crippen molar-refractivity contribution in [2.45, 2.75) is 26.7 Å². The molecule has 0 spiro atoms. The SMILES string of the molecule is CC(C)=NN=C([O-])CCCOc1ccc(Cl)cc1Cl. The van der Waals surface area contributed by atoms with Gasteiger partial charge in [-0.1, -0.05) is 23.2 Å². The number of nitrogens with zero attached hydrogens (tertiary/aromatic N) is 2. The van der Waals surface area contributed by atoms with Gasteiger partial charge in [0.2, 0.25) is 0 Å². The highest BCUT2D eigenvalue weighted by Gasteiger charge is 2.01. The summed E-state index contributed by atoms with van der Waals surface area (Å²) in [6.07, 6.45) is 0.849. The molecule has 0 aliphatic heterocycles. The van der Waals surface area contributed by atoms with Gasteiger partial charge in [0, 0.05) is 10.7 Å². The maximum atomic E-state index is 11.3. The molecule has 0 radical (unpaired) electrons. The predicted molar refractivity (Wildman–Crippen MR) is 77.4 cm³/mol. The Hall–Kier alpha value is -1.26. The van der Waals surface area contributed by atoms with Crippen molar-refractivity contribution in [3.8, 4) is 5.75 Å². The zero-order valence-corrected chi connectivity index (χ0v) is 12.3. The first-order valence-electron chi connectivity index (χ1n) is 5.81.